The Bertz CT molecular complexity index is 1290. The van der Waals surface area contributed by atoms with Crippen LogP contribution in [-0.2, 0) is 30.2 Å². The second kappa shape index (κ2) is 16.0. The predicted molar refractivity (Wildman–Crippen MR) is 165 cm³/mol. The molecule has 3 rings (SSSR count). The number of piperidine rings is 1. The zero-order valence-electron chi connectivity index (χ0n) is 24.2. The molecule has 10 nitrogen and oxygen atoms in total. The number of nitrogens with two attached hydrogens (primary N) is 1. The highest BCUT2D eigenvalue weighted by Crippen LogP contribution is 2.21. The summed E-state index contributed by atoms with van der Waals surface area (Å²) in [5.41, 5.74) is 8.02. The molecule has 2 fully saturated rings. The van der Waals surface area contributed by atoms with Gasteiger partial charge < -0.3 is 20.9 Å². The van der Waals surface area contributed by atoms with Gasteiger partial charge >= 0.3 is 0 Å². The third-order valence-electron chi connectivity index (χ3n) is 7.51. The van der Waals surface area contributed by atoms with Crippen LogP contribution in [0.5, 0.6) is 0 Å². The van der Waals surface area contributed by atoms with E-state index in [9.17, 15) is 22.8 Å². The summed E-state index contributed by atoms with van der Waals surface area (Å²) in [6, 6.07) is 6.52. The van der Waals surface area contributed by atoms with Crippen molar-refractivity contribution >= 4 is 39.3 Å². The fraction of sp³-hybridized carbons (Fsp3) is 0.500. The molecule has 0 radical (unpaired) electrons. The van der Waals surface area contributed by atoms with E-state index in [1.807, 2.05) is 6.92 Å². The number of rotatable bonds is 13. The number of sulfonamides is 1. The van der Waals surface area contributed by atoms with Crippen LogP contribution in [-0.4, -0.2) is 80.7 Å². The summed E-state index contributed by atoms with van der Waals surface area (Å²) in [6.07, 6.45) is 6.84. The lowest BCUT2D eigenvalue weighted by Crippen LogP contribution is -2.55. The molecule has 0 saturated carbocycles. The van der Waals surface area contributed by atoms with Crippen molar-refractivity contribution < 1.29 is 22.8 Å². The fourth-order valence-corrected chi connectivity index (χ4v) is 6.60. The van der Waals surface area contributed by atoms with Crippen molar-refractivity contribution in [1.29, 1.82) is 0 Å². The fourth-order valence-electron chi connectivity index (χ4n) is 5.21. The second-order valence-corrected chi connectivity index (χ2v) is 13.0. The van der Waals surface area contributed by atoms with Gasteiger partial charge in [0.05, 0.1) is 12.2 Å². The Kier molecular flexibility index (Phi) is 12.8. The quantitative estimate of drug-likeness (QED) is 0.290. The number of halogens is 1. The second-order valence-electron chi connectivity index (χ2n) is 10.8. The Morgan fingerprint density at radius 3 is 2.43 bits per heavy atom. The predicted octanol–water partition coefficient (Wildman–Crippen LogP) is 2.57. The molecule has 4 N–H and O–H groups in total. The van der Waals surface area contributed by atoms with E-state index in [0.717, 1.165) is 30.4 Å². The zero-order valence-corrected chi connectivity index (χ0v) is 25.8. The minimum Gasteiger partial charge on any atom is -0.351 e. The molecule has 2 unspecified atom stereocenters. The molecular formula is C30H42ClN5O5S. The third-order valence-corrected chi connectivity index (χ3v) is 8.99. The molecule has 2 heterocycles. The number of hydrogen-bond acceptors (Lipinski definition) is 6. The first-order valence-corrected chi connectivity index (χ1v) is 16.3. The Hall–Kier alpha value is -2.99. The van der Waals surface area contributed by atoms with Crippen LogP contribution >= 0.6 is 11.6 Å². The molecule has 0 bridgehead atoms. The van der Waals surface area contributed by atoms with Gasteiger partial charge in [-0.15, -0.1) is 0 Å². The minimum atomic E-state index is -3.98. The number of nitrogens with one attached hydrogen (secondary N) is 2. The topological polar surface area (TPSA) is 142 Å². The molecule has 1 aromatic rings. The summed E-state index contributed by atoms with van der Waals surface area (Å²) in [5.74, 6) is -1.54. The van der Waals surface area contributed by atoms with E-state index in [0.29, 0.717) is 36.5 Å². The molecule has 42 heavy (non-hydrogen) atoms. The van der Waals surface area contributed by atoms with Gasteiger partial charge in [-0.3, -0.25) is 14.4 Å². The van der Waals surface area contributed by atoms with Crippen LogP contribution in [0.3, 0.4) is 0 Å². The largest absolute Gasteiger partial charge is 0.351 e. The molecule has 2 aliphatic rings. The Morgan fingerprint density at radius 1 is 1.10 bits per heavy atom. The highest BCUT2D eigenvalue weighted by molar-refractivity contribution is 7.88. The van der Waals surface area contributed by atoms with Gasteiger partial charge in [0, 0.05) is 37.8 Å². The molecule has 230 valence electrons. The van der Waals surface area contributed by atoms with Gasteiger partial charge in [-0.05, 0) is 61.8 Å². The first-order valence-electron chi connectivity index (χ1n) is 14.3. The first kappa shape index (κ1) is 33.5. The summed E-state index contributed by atoms with van der Waals surface area (Å²) in [4.78, 5) is 43.3. The Morgan fingerprint density at radius 2 is 1.79 bits per heavy atom. The summed E-state index contributed by atoms with van der Waals surface area (Å²) in [7, 11) is -3.98. The average molecular weight is 620 g/mol. The molecule has 12 heteroatoms. The number of likely N-dealkylation sites (tertiary alicyclic amines) is 2. The molecular weight excluding hydrogens is 578 g/mol. The van der Waals surface area contributed by atoms with Crippen LogP contribution in [0.2, 0.25) is 0 Å². The van der Waals surface area contributed by atoms with Crippen LogP contribution in [0.1, 0.15) is 51.0 Å². The maximum Gasteiger partial charge on any atom is 0.243 e. The van der Waals surface area contributed by atoms with Crippen LogP contribution in [0.25, 0.3) is 0 Å². The molecule has 0 aromatic heterocycles. The molecule has 1 aromatic carbocycles. The molecule has 2 saturated heterocycles. The summed E-state index contributed by atoms with van der Waals surface area (Å²) in [6.45, 7) is 7.36. The molecule has 0 aliphatic carbocycles. The Balaban J connectivity index is 1.76. The van der Waals surface area contributed by atoms with Gasteiger partial charge in [-0.25, -0.2) is 13.1 Å². The van der Waals surface area contributed by atoms with E-state index in [-0.39, 0.29) is 43.6 Å². The first-order chi connectivity index (χ1) is 20.0. The van der Waals surface area contributed by atoms with Gasteiger partial charge in [0.1, 0.15) is 12.1 Å². The van der Waals surface area contributed by atoms with E-state index in [1.54, 1.807) is 47.4 Å². The van der Waals surface area contributed by atoms with Crippen molar-refractivity contribution in [3.05, 3.63) is 70.8 Å². The van der Waals surface area contributed by atoms with Crippen molar-refractivity contribution in [2.24, 2.45) is 5.73 Å². The van der Waals surface area contributed by atoms with Crippen molar-refractivity contribution in [1.82, 2.24) is 19.8 Å². The number of nitrogens with zero attached hydrogens (tertiary/aromatic N) is 2. The lowest BCUT2D eigenvalue weighted by Gasteiger charge is -2.31. The van der Waals surface area contributed by atoms with Crippen molar-refractivity contribution in [2.45, 2.75) is 63.3 Å². The minimum absolute atomic E-state index is 0.212. The highest BCUT2D eigenvalue weighted by Gasteiger charge is 2.39. The van der Waals surface area contributed by atoms with E-state index >= 15 is 0 Å². The van der Waals surface area contributed by atoms with Gasteiger partial charge in [-0.2, -0.15) is 0 Å². The van der Waals surface area contributed by atoms with Crippen molar-refractivity contribution in [3.8, 4) is 0 Å². The third kappa shape index (κ3) is 10.1. The van der Waals surface area contributed by atoms with Gasteiger partial charge in [0.15, 0.2) is 0 Å². The molecule has 3 amide bonds. The standard InChI is InChI=1S/C30H42ClN5O5S/c1-22(25(19-32)14-13-23(2)31)20-33-29(38)27-12-9-17-36(27)30(39)26(18-28(37)35-15-7-4-8-16-35)34-42(40,41)21-24-10-5-3-6-11-24/h3,5-6,10-11,13-14,26-27,34H,2,4,7-9,12,15-21,32H2,1H3,(H,33,38). The lowest BCUT2D eigenvalue weighted by atomic mass is 10.1. The normalized spacial score (nSPS) is 19.0. The SMILES string of the molecule is C=C(Cl)C=CC(CN)=C(C)CNC(=O)C1CCCN1C(=O)C(CC(=O)N1CCCCC1)NS(=O)(=O)Cc1ccccc1. The number of carbonyl (C=O) groups excluding carboxylic acids is 3. The number of carbonyl (C=O) groups is 3. The van der Waals surface area contributed by atoms with E-state index in [2.05, 4.69) is 16.6 Å². The Labute approximate surface area is 254 Å². The average Bonchev–Trinajstić information content (AvgIpc) is 3.46. The summed E-state index contributed by atoms with van der Waals surface area (Å²) in [5, 5.41) is 3.23. The van der Waals surface area contributed by atoms with E-state index in [1.165, 1.54) is 4.90 Å². The van der Waals surface area contributed by atoms with Crippen LogP contribution in [0.4, 0.5) is 0 Å². The van der Waals surface area contributed by atoms with Gasteiger partial charge in [-0.1, -0.05) is 54.6 Å². The van der Waals surface area contributed by atoms with Gasteiger partial charge in [0.2, 0.25) is 27.7 Å². The summed E-state index contributed by atoms with van der Waals surface area (Å²) < 4.78 is 28.8. The number of amides is 3. The number of hydrogen-bond donors (Lipinski definition) is 3. The zero-order chi connectivity index (χ0) is 30.7. The smallest absolute Gasteiger partial charge is 0.243 e. The van der Waals surface area contributed by atoms with Crippen molar-refractivity contribution in [3.63, 3.8) is 0 Å². The van der Waals surface area contributed by atoms with Crippen molar-refractivity contribution in [2.75, 3.05) is 32.7 Å². The van der Waals surface area contributed by atoms with Crippen LogP contribution in [0.15, 0.2) is 65.2 Å². The maximum absolute atomic E-state index is 13.8. The molecule has 2 atom stereocenters. The molecule has 2 aliphatic heterocycles. The number of allylic oxidation sites excluding steroid dienone is 2. The van der Waals surface area contributed by atoms with Crippen LogP contribution < -0.4 is 15.8 Å². The van der Waals surface area contributed by atoms with E-state index < -0.39 is 28.0 Å². The lowest BCUT2D eigenvalue weighted by molar-refractivity contribution is -0.142. The maximum atomic E-state index is 13.8. The number of benzene rings is 1. The summed E-state index contributed by atoms with van der Waals surface area (Å²) >= 11 is 5.81. The molecule has 0 spiro atoms. The van der Waals surface area contributed by atoms with Crippen LogP contribution in [0, 0.1) is 0 Å². The highest BCUT2D eigenvalue weighted by atomic mass is 35.5. The van der Waals surface area contributed by atoms with Gasteiger partial charge in [0.25, 0.3) is 0 Å². The van der Waals surface area contributed by atoms with E-state index in [4.69, 9.17) is 17.3 Å². The monoisotopic (exact) mass is 619 g/mol.